The van der Waals surface area contributed by atoms with Crippen molar-refractivity contribution in [2.45, 2.75) is 12.8 Å². The van der Waals surface area contributed by atoms with Crippen molar-refractivity contribution < 1.29 is 19.4 Å². The fourth-order valence-corrected chi connectivity index (χ4v) is 3.87. The van der Waals surface area contributed by atoms with E-state index in [-0.39, 0.29) is 0 Å². The zero-order valence-electron chi connectivity index (χ0n) is 14.6. The smallest absolute Gasteiger partial charge is 0.336 e. The van der Waals surface area contributed by atoms with Gasteiger partial charge in [0, 0.05) is 5.39 Å². The minimum absolute atomic E-state index is 0.376. The Bertz CT molecular complexity index is 1120. The van der Waals surface area contributed by atoms with Crippen molar-refractivity contribution in [2.24, 2.45) is 0 Å². The van der Waals surface area contributed by atoms with Gasteiger partial charge in [-0.2, -0.15) is 0 Å². The van der Waals surface area contributed by atoms with Gasteiger partial charge in [-0.25, -0.2) is 9.78 Å². The molecule has 1 aliphatic heterocycles. The topological polar surface area (TPSA) is 68.7 Å². The lowest BCUT2D eigenvalue weighted by molar-refractivity contribution is 0.0698. The highest BCUT2D eigenvalue weighted by molar-refractivity contribution is 6.06. The number of rotatable bonds is 2. The fraction of sp³-hybridized carbons (Fsp3) is 0.182. The lowest BCUT2D eigenvalue weighted by atomic mass is 10.0. The second kappa shape index (κ2) is 6.13. The van der Waals surface area contributed by atoms with E-state index >= 15 is 0 Å². The number of nitrogens with zero attached hydrogens (tertiary/aromatic N) is 1. The Morgan fingerprint density at radius 3 is 2.70 bits per heavy atom. The van der Waals surface area contributed by atoms with Crippen molar-refractivity contribution in [3.05, 3.63) is 64.8 Å². The van der Waals surface area contributed by atoms with Crippen LogP contribution in [-0.2, 0) is 6.42 Å². The van der Waals surface area contributed by atoms with Crippen LogP contribution in [0, 0.1) is 0 Å². The maximum absolute atomic E-state index is 11.9. The van der Waals surface area contributed by atoms with E-state index in [2.05, 4.69) is 6.08 Å². The number of ether oxygens (including phenoxy) is 2. The minimum Gasteiger partial charge on any atom is -0.486 e. The molecule has 3 aromatic rings. The van der Waals surface area contributed by atoms with Gasteiger partial charge in [0.2, 0.25) is 0 Å². The molecule has 1 N–H and O–H groups in total. The number of allylic oxidation sites excluding steroid dienone is 1. The van der Waals surface area contributed by atoms with Crippen molar-refractivity contribution in [2.75, 3.05) is 13.2 Å². The molecule has 5 nitrogen and oxygen atoms in total. The molecule has 2 aliphatic rings. The Hall–Kier alpha value is -3.34. The molecule has 2 aromatic carbocycles. The van der Waals surface area contributed by atoms with Crippen LogP contribution >= 0.6 is 0 Å². The van der Waals surface area contributed by atoms with Crippen LogP contribution in [0.15, 0.2) is 42.5 Å². The second-order valence-corrected chi connectivity index (χ2v) is 6.71. The second-order valence-electron chi connectivity index (χ2n) is 6.71. The van der Waals surface area contributed by atoms with E-state index in [1.165, 1.54) is 0 Å². The van der Waals surface area contributed by atoms with E-state index in [9.17, 15) is 9.90 Å². The van der Waals surface area contributed by atoms with Crippen LogP contribution in [0.1, 0.15) is 33.6 Å². The van der Waals surface area contributed by atoms with E-state index in [0.717, 1.165) is 40.3 Å². The lowest BCUT2D eigenvalue weighted by Gasteiger charge is -2.18. The van der Waals surface area contributed by atoms with Crippen LogP contribution in [0.5, 0.6) is 11.5 Å². The molecule has 1 aliphatic carbocycles. The summed E-state index contributed by atoms with van der Waals surface area (Å²) in [5.41, 5.74) is 4.75. The predicted molar refractivity (Wildman–Crippen MR) is 102 cm³/mol. The van der Waals surface area contributed by atoms with E-state index in [1.807, 2.05) is 42.5 Å². The summed E-state index contributed by atoms with van der Waals surface area (Å²) in [6.45, 7) is 1.11. The van der Waals surface area contributed by atoms with Crippen LogP contribution < -0.4 is 9.47 Å². The van der Waals surface area contributed by atoms with Crippen molar-refractivity contribution >= 4 is 28.5 Å². The first-order chi connectivity index (χ1) is 13.2. The molecule has 1 aromatic heterocycles. The van der Waals surface area contributed by atoms with Crippen LogP contribution in [0.2, 0.25) is 0 Å². The number of hydrogen-bond donors (Lipinski definition) is 1. The number of hydrogen-bond acceptors (Lipinski definition) is 4. The van der Waals surface area contributed by atoms with Crippen molar-refractivity contribution in [3.63, 3.8) is 0 Å². The molecule has 0 bridgehead atoms. The third-order valence-corrected chi connectivity index (χ3v) is 5.06. The summed E-state index contributed by atoms with van der Waals surface area (Å²) >= 11 is 0. The number of carboxylic acid groups (broad SMARTS) is 1. The SMILES string of the molecule is O=C(O)c1c2c(nc3ccccc13)/C(=C/c1ccc3c(c1)OCCO3)CC2. The first-order valence-electron chi connectivity index (χ1n) is 8.96. The summed E-state index contributed by atoms with van der Waals surface area (Å²) in [5, 5.41) is 10.5. The van der Waals surface area contributed by atoms with Crippen LogP contribution in [0.25, 0.3) is 22.6 Å². The largest absolute Gasteiger partial charge is 0.486 e. The van der Waals surface area contributed by atoms with Gasteiger partial charge in [-0.15, -0.1) is 0 Å². The zero-order chi connectivity index (χ0) is 18.4. The van der Waals surface area contributed by atoms with E-state index < -0.39 is 5.97 Å². The molecule has 0 spiro atoms. The molecule has 0 amide bonds. The monoisotopic (exact) mass is 359 g/mol. The summed E-state index contributed by atoms with van der Waals surface area (Å²) in [4.78, 5) is 16.7. The molecule has 0 unspecified atom stereocenters. The Morgan fingerprint density at radius 2 is 1.85 bits per heavy atom. The van der Waals surface area contributed by atoms with Crippen molar-refractivity contribution in [1.82, 2.24) is 4.98 Å². The molecule has 0 saturated carbocycles. The fourth-order valence-electron chi connectivity index (χ4n) is 3.87. The number of para-hydroxylation sites is 1. The van der Waals surface area contributed by atoms with Gasteiger partial charge in [-0.1, -0.05) is 24.3 Å². The molecule has 5 rings (SSSR count). The molecule has 0 radical (unpaired) electrons. The molecular formula is C22H17NO4. The summed E-state index contributed by atoms with van der Waals surface area (Å²) in [6, 6.07) is 13.3. The normalized spacial score (nSPS) is 16.5. The highest BCUT2D eigenvalue weighted by Gasteiger charge is 2.26. The van der Waals surface area contributed by atoms with Gasteiger partial charge in [-0.3, -0.25) is 0 Å². The number of benzene rings is 2. The third-order valence-electron chi connectivity index (χ3n) is 5.06. The highest BCUT2D eigenvalue weighted by Crippen LogP contribution is 2.38. The van der Waals surface area contributed by atoms with Crippen molar-refractivity contribution in [1.29, 1.82) is 0 Å². The quantitative estimate of drug-likeness (QED) is 0.743. The average Bonchev–Trinajstić information content (AvgIpc) is 3.08. The Morgan fingerprint density at radius 1 is 1.04 bits per heavy atom. The number of carboxylic acids is 1. The number of carbonyl (C=O) groups is 1. The molecule has 0 saturated heterocycles. The maximum Gasteiger partial charge on any atom is 0.336 e. The zero-order valence-corrected chi connectivity index (χ0v) is 14.6. The van der Waals surface area contributed by atoms with Gasteiger partial charge < -0.3 is 14.6 Å². The molecule has 0 fully saturated rings. The molecule has 5 heteroatoms. The number of pyridine rings is 1. The highest BCUT2D eigenvalue weighted by atomic mass is 16.6. The molecular weight excluding hydrogens is 342 g/mol. The number of fused-ring (bicyclic) bond motifs is 3. The lowest BCUT2D eigenvalue weighted by Crippen LogP contribution is -2.15. The summed E-state index contributed by atoms with van der Waals surface area (Å²) in [5.74, 6) is 0.601. The number of aromatic carboxylic acids is 1. The first kappa shape index (κ1) is 15.9. The van der Waals surface area contributed by atoms with E-state index in [0.29, 0.717) is 36.1 Å². The van der Waals surface area contributed by atoms with Crippen LogP contribution in [0.3, 0.4) is 0 Å². The van der Waals surface area contributed by atoms with Crippen molar-refractivity contribution in [3.8, 4) is 11.5 Å². The van der Waals surface area contributed by atoms with Gasteiger partial charge in [-0.05, 0) is 53.8 Å². The Kier molecular flexibility index (Phi) is 3.60. The summed E-state index contributed by atoms with van der Waals surface area (Å²) < 4.78 is 11.2. The van der Waals surface area contributed by atoms with Crippen LogP contribution in [-0.4, -0.2) is 29.3 Å². The third kappa shape index (κ3) is 2.63. The molecule has 0 atom stereocenters. The summed E-state index contributed by atoms with van der Waals surface area (Å²) in [6.07, 6.45) is 3.52. The molecule has 27 heavy (non-hydrogen) atoms. The van der Waals surface area contributed by atoms with E-state index in [4.69, 9.17) is 14.5 Å². The van der Waals surface area contributed by atoms with Gasteiger partial charge >= 0.3 is 5.97 Å². The first-order valence-corrected chi connectivity index (χ1v) is 8.96. The van der Waals surface area contributed by atoms with Gasteiger partial charge in [0.25, 0.3) is 0 Å². The van der Waals surface area contributed by atoms with Gasteiger partial charge in [0.05, 0.1) is 16.8 Å². The van der Waals surface area contributed by atoms with Crippen LogP contribution in [0.4, 0.5) is 0 Å². The number of aromatic nitrogens is 1. The van der Waals surface area contributed by atoms with Gasteiger partial charge in [0.15, 0.2) is 11.5 Å². The summed E-state index contributed by atoms with van der Waals surface area (Å²) in [7, 11) is 0. The Balaban J connectivity index is 1.64. The van der Waals surface area contributed by atoms with E-state index in [1.54, 1.807) is 0 Å². The molecule has 2 heterocycles. The average molecular weight is 359 g/mol. The molecule has 134 valence electrons. The Labute approximate surface area is 155 Å². The minimum atomic E-state index is -0.898. The van der Waals surface area contributed by atoms with Gasteiger partial charge in [0.1, 0.15) is 13.2 Å². The standard InChI is InChI=1S/C22H17NO4/c24-22(25)20-15-3-1-2-4-17(15)23-21-14(6-7-16(20)21)11-13-5-8-18-19(12-13)27-10-9-26-18/h1-5,8,11-12H,6-7,9-10H2,(H,24,25)/b14-11+. The predicted octanol–water partition coefficient (Wildman–Crippen LogP) is 4.19. The maximum atomic E-state index is 11.9.